The van der Waals surface area contributed by atoms with Crippen LogP contribution in [-0.2, 0) is 12.8 Å². The molecule has 0 atom stereocenters. The lowest BCUT2D eigenvalue weighted by Crippen LogP contribution is -2.09. The van der Waals surface area contributed by atoms with E-state index in [4.69, 9.17) is 21.4 Å². The highest BCUT2D eigenvalue weighted by molar-refractivity contribution is 6.29. The zero-order chi connectivity index (χ0) is 15.2. The first kappa shape index (κ1) is 15.3. The maximum absolute atomic E-state index is 10.9. The molecule has 110 valence electrons. The summed E-state index contributed by atoms with van der Waals surface area (Å²) in [6.45, 7) is 2.43. The average molecular weight is 307 g/mol. The van der Waals surface area contributed by atoms with Crippen molar-refractivity contribution in [3.05, 3.63) is 52.6 Å². The predicted octanol–water partition coefficient (Wildman–Crippen LogP) is 3.01. The van der Waals surface area contributed by atoms with Crippen molar-refractivity contribution in [2.45, 2.75) is 19.8 Å². The lowest BCUT2D eigenvalue weighted by atomic mass is 10.2. The summed E-state index contributed by atoms with van der Waals surface area (Å²) in [5.41, 5.74) is 1.08. The van der Waals surface area contributed by atoms with E-state index in [2.05, 4.69) is 16.9 Å². The van der Waals surface area contributed by atoms with E-state index in [0.717, 1.165) is 12.2 Å². The number of ether oxygens (including phenoxy) is 1. The lowest BCUT2D eigenvalue weighted by molar-refractivity contribution is 0.0689. The van der Waals surface area contributed by atoms with Gasteiger partial charge in [-0.1, -0.05) is 30.7 Å². The van der Waals surface area contributed by atoms with Crippen LogP contribution < -0.4 is 4.74 Å². The second kappa shape index (κ2) is 7.04. The molecule has 1 aromatic carbocycles. The monoisotopic (exact) mass is 306 g/mol. The lowest BCUT2D eigenvalue weighted by Gasteiger charge is -2.07. The van der Waals surface area contributed by atoms with Crippen LogP contribution in [0.5, 0.6) is 5.75 Å². The number of rotatable bonds is 6. The van der Waals surface area contributed by atoms with Crippen molar-refractivity contribution in [3.8, 4) is 5.75 Å². The Labute approximate surface area is 127 Å². The fourth-order valence-electron chi connectivity index (χ4n) is 1.80. The van der Waals surface area contributed by atoms with Crippen LogP contribution in [0.25, 0.3) is 0 Å². The molecule has 0 radical (unpaired) electrons. The molecule has 0 spiro atoms. The summed E-state index contributed by atoms with van der Waals surface area (Å²) in [5.74, 6) is -0.00139. The summed E-state index contributed by atoms with van der Waals surface area (Å²) in [6.07, 6.45) is 1.33. The fourth-order valence-corrected chi connectivity index (χ4v) is 2.00. The second-order valence-electron chi connectivity index (χ2n) is 4.40. The molecule has 0 bridgehead atoms. The van der Waals surface area contributed by atoms with Gasteiger partial charge in [0.2, 0.25) is 0 Å². The Balaban J connectivity index is 1.98. The van der Waals surface area contributed by atoms with E-state index in [0.29, 0.717) is 18.9 Å². The first-order chi connectivity index (χ1) is 10.1. The van der Waals surface area contributed by atoms with Crippen LogP contribution in [-0.4, -0.2) is 27.7 Å². The smallest absolute Gasteiger partial charge is 0.354 e. The van der Waals surface area contributed by atoms with Gasteiger partial charge >= 0.3 is 5.97 Å². The third-order valence-corrected chi connectivity index (χ3v) is 3.06. The Kier molecular flexibility index (Phi) is 5.11. The van der Waals surface area contributed by atoms with E-state index in [-0.39, 0.29) is 10.8 Å². The van der Waals surface area contributed by atoms with Crippen LogP contribution in [0.1, 0.15) is 28.8 Å². The number of hydrogen-bond donors (Lipinski definition) is 1. The maximum atomic E-state index is 10.9. The second-order valence-corrected chi connectivity index (χ2v) is 4.78. The summed E-state index contributed by atoms with van der Waals surface area (Å²) in [4.78, 5) is 18.8. The van der Waals surface area contributed by atoms with Gasteiger partial charge in [-0.2, -0.15) is 0 Å². The standard InChI is InChI=1S/C15H15ClN2O3/c1-2-10-4-3-5-11(8-10)21-7-6-14-17-12(15(19)20)9-13(16)18-14/h3-5,8-9H,2,6-7H2,1H3,(H,19,20). The number of aromatic nitrogens is 2. The van der Waals surface area contributed by atoms with Gasteiger partial charge in [-0.05, 0) is 24.1 Å². The highest BCUT2D eigenvalue weighted by Crippen LogP contribution is 2.14. The Bertz CT molecular complexity index is 647. The molecule has 0 amide bonds. The molecule has 0 aliphatic heterocycles. The number of carboxylic acids is 1. The fraction of sp³-hybridized carbons (Fsp3) is 0.267. The minimum absolute atomic E-state index is 0.113. The first-order valence-corrected chi connectivity index (χ1v) is 6.94. The number of hydrogen-bond acceptors (Lipinski definition) is 4. The number of aromatic carboxylic acids is 1. The average Bonchev–Trinajstić information content (AvgIpc) is 2.47. The SMILES string of the molecule is CCc1cccc(OCCc2nc(Cl)cc(C(=O)O)n2)c1. The zero-order valence-electron chi connectivity index (χ0n) is 11.5. The number of nitrogens with zero attached hydrogens (tertiary/aromatic N) is 2. The van der Waals surface area contributed by atoms with Gasteiger partial charge in [-0.25, -0.2) is 14.8 Å². The molecule has 2 rings (SSSR count). The minimum Gasteiger partial charge on any atom is -0.493 e. The number of benzene rings is 1. The third kappa shape index (κ3) is 4.43. The summed E-state index contributed by atoms with van der Waals surface area (Å²) < 4.78 is 5.62. The van der Waals surface area contributed by atoms with E-state index in [1.54, 1.807) is 0 Å². The molecule has 6 heteroatoms. The molecule has 0 saturated carbocycles. The number of carbonyl (C=O) groups is 1. The van der Waals surface area contributed by atoms with Crippen LogP contribution in [0.3, 0.4) is 0 Å². The van der Waals surface area contributed by atoms with E-state index >= 15 is 0 Å². The summed E-state index contributed by atoms with van der Waals surface area (Å²) in [5, 5.41) is 9.03. The van der Waals surface area contributed by atoms with Gasteiger partial charge in [0.25, 0.3) is 0 Å². The quantitative estimate of drug-likeness (QED) is 0.831. The van der Waals surface area contributed by atoms with Crippen LogP contribution in [0.15, 0.2) is 30.3 Å². The van der Waals surface area contributed by atoms with Crippen molar-refractivity contribution in [1.29, 1.82) is 0 Å². The highest BCUT2D eigenvalue weighted by atomic mass is 35.5. The molecular formula is C15H15ClN2O3. The number of carboxylic acid groups (broad SMARTS) is 1. The van der Waals surface area contributed by atoms with E-state index in [9.17, 15) is 4.79 Å². The van der Waals surface area contributed by atoms with Crippen molar-refractivity contribution in [2.24, 2.45) is 0 Å². The topological polar surface area (TPSA) is 72.3 Å². The van der Waals surface area contributed by atoms with Crippen molar-refractivity contribution >= 4 is 17.6 Å². The van der Waals surface area contributed by atoms with Gasteiger partial charge < -0.3 is 9.84 Å². The highest BCUT2D eigenvalue weighted by Gasteiger charge is 2.09. The number of halogens is 1. The molecule has 0 fully saturated rings. The van der Waals surface area contributed by atoms with E-state index in [1.165, 1.54) is 11.6 Å². The predicted molar refractivity (Wildman–Crippen MR) is 79.0 cm³/mol. The Morgan fingerprint density at radius 2 is 2.14 bits per heavy atom. The molecule has 1 N–H and O–H groups in total. The van der Waals surface area contributed by atoms with Gasteiger partial charge in [0.05, 0.1) is 6.61 Å². The molecule has 5 nitrogen and oxygen atoms in total. The van der Waals surface area contributed by atoms with Gasteiger partial charge in [0.15, 0.2) is 5.69 Å². The summed E-state index contributed by atoms with van der Waals surface area (Å²) in [7, 11) is 0. The molecule has 0 aliphatic carbocycles. The molecule has 2 aromatic rings. The maximum Gasteiger partial charge on any atom is 0.354 e. The molecule has 0 aliphatic rings. The minimum atomic E-state index is -1.13. The van der Waals surface area contributed by atoms with Gasteiger partial charge in [0.1, 0.15) is 16.7 Å². The van der Waals surface area contributed by atoms with Crippen LogP contribution in [0.4, 0.5) is 0 Å². The summed E-state index contributed by atoms with van der Waals surface area (Å²) in [6, 6.07) is 9.04. The van der Waals surface area contributed by atoms with E-state index < -0.39 is 5.97 Å². The normalized spacial score (nSPS) is 10.4. The zero-order valence-corrected chi connectivity index (χ0v) is 12.3. The molecule has 21 heavy (non-hydrogen) atoms. The van der Waals surface area contributed by atoms with Crippen LogP contribution in [0.2, 0.25) is 5.15 Å². The van der Waals surface area contributed by atoms with Crippen LogP contribution in [0, 0.1) is 0 Å². The third-order valence-electron chi connectivity index (χ3n) is 2.86. The Morgan fingerprint density at radius 1 is 1.33 bits per heavy atom. The molecule has 1 aromatic heterocycles. The van der Waals surface area contributed by atoms with Gasteiger partial charge in [-0.3, -0.25) is 0 Å². The largest absolute Gasteiger partial charge is 0.493 e. The van der Waals surface area contributed by atoms with E-state index in [1.807, 2.05) is 24.3 Å². The molecule has 1 heterocycles. The Morgan fingerprint density at radius 3 is 2.86 bits per heavy atom. The van der Waals surface area contributed by atoms with Crippen molar-refractivity contribution in [3.63, 3.8) is 0 Å². The van der Waals surface area contributed by atoms with Crippen molar-refractivity contribution in [1.82, 2.24) is 9.97 Å². The number of aryl methyl sites for hydroxylation is 1. The van der Waals surface area contributed by atoms with Crippen LogP contribution >= 0.6 is 11.6 Å². The summed E-state index contributed by atoms with van der Waals surface area (Å²) >= 11 is 5.77. The van der Waals surface area contributed by atoms with Gasteiger partial charge in [0, 0.05) is 12.5 Å². The van der Waals surface area contributed by atoms with Crippen molar-refractivity contribution in [2.75, 3.05) is 6.61 Å². The molecular weight excluding hydrogens is 292 g/mol. The molecule has 0 unspecified atom stereocenters. The van der Waals surface area contributed by atoms with Crippen molar-refractivity contribution < 1.29 is 14.6 Å². The first-order valence-electron chi connectivity index (χ1n) is 6.57. The van der Waals surface area contributed by atoms with Gasteiger partial charge in [-0.15, -0.1) is 0 Å². The Hall–Kier alpha value is -2.14. The molecule has 0 saturated heterocycles.